The van der Waals surface area contributed by atoms with Gasteiger partial charge in [0.1, 0.15) is 5.75 Å². The van der Waals surface area contributed by atoms with Crippen LogP contribution in [0.2, 0.25) is 0 Å². The molecule has 6 heteroatoms. The van der Waals surface area contributed by atoms with Crippen molar-refractivity contribution in [1.82, 2.24) is 9.99 Å². The fourth-order valence-corrected chi connectivity index (χ4v) is 3.24. The van der Waals surface area contributed by atoms with Crippen LogP contribution in [0.3, 0.4) is 0 Å². The predicted molar refractivity (Wildman–Crippen MR) is 83.6 cm³/mol. The molecule has 0 aliphatic rings. The number of nitrogens with two attached hydrogens (primary N) is 1. The Bertz CT molecular complexity index is 791. The molecule has 21 heavy (non-hydrogen) atoms. The molecule has 0 saturated carbocycles. The van der Waals surface area contributed by atoms with Gasteiger partial charge in [-0.25, -0.2) is 5.84 Å². The van der Waals surface area contributed by atoms with E-state index in [1.54, 1.807) is 7.11 Å². The van der Waals surface area contributed by atoms with Crippen LogP contribution in [0, 0.1) is 0 Å². The van der Waals surface area contributed by atoms with E-state index < -0.39 is 0 Å². The second-order valence-corrected chi connectivity index (χ2v) is 5.50. The Balaban J connectivity index is 2.00. The van der Waals surface area contributed by atoms with Crippen molar-refractivity contribution in [2.45, 2.75) is 6.54 Å². The van der Waals surface area contributed by atoms with Gasteiger partial charge in [-0.05, 0) is 35.2 Å². The number of nitrogens with one attached hydrogen (secondary N) is 1. The molecule has 108 valence electrons. The number of amides is 1. The fourth-order valence-electron chi connectivity index (χ4n) is 2.42. The Morgan fingerprint density at radius 2 is 2.24 bits per heavy atom. The van der Waals surface area contributed by atoms with Crippen LogP contribution in [-0.2, 0) is 6.54 Å². The van der Waals surface area contributed by atoms with Gasteiger partial charge in [-0.15, -0.1) is 11.3 Å². The largest absolute Gasteiger partial charge is 0.496 e. The maximum absolute atomic E-state index is 11.7. The maximum atomic E-state index is 11.7. The Labute approximate surface area is 125 Å². The van der Waals surface area contributed by atoms with Gasteiger partial charge in [0.25, 0.3) is 5.91 Å². The van der Waals surface area contributed by atoms with Crippen LogP contribution in [-0.4, -0.2) is 17.6 Å². The summed E-state index contributed by atoms with van der Waals surface area (Å²) in [6.45, 7) is 0.614. The van der Waals surface area contributed by atoms with Crippen LogP contribution in [0.5, 0.6) is 5.75 Å². The molecule has 0 aliphatic heterocycles. The summed E-state index contributed by atoms with van der Waals surface area (Å²) < 4.78 is 7.45. The molecule has 0 fully saturated rings. The number of ether oxygens (including phenoxy) is 1. The molecule has 3 aromatic rings. The molecule has 0 atom stereocenters. The normalized spacial score (nSPS) is 10.8. The van der Waals surface area contributed by atoms with Gasteiger partial charge in [-0.3, -0.25) is 10.2 Å². The Hall–Kier alpha value is -2.31. The quantitative estimate of drug-likeness (QED) is 0.441. The van der Waals surface area contributed by atoms with Gasteiger partial charge in [0.15, 0.2) is 0 Å². The molecule has 0 spiro atoms. The lowest BCUT2D eigenvalue weighted by Gasteiger charge is -2.07. The van der Waals surface area contributed by atoms with Crippen molar-refractivity contribution in [3.8, 4) is 5.75 Å². The lowest BCUT2D eigenvalue weighted by atomic mass is 10.2. The van der Waals surface area contributed by atoms with Gasteiger partial charge in [-0.1, -0.05) is 6.07 Å². The van der Waals surface area contributed by atoms with Crippen LogP contribution >= 0.6 is 11.3 Å². The van der Waals surface area contributed by atoms with E-state index in [4.69, 9.17) is 10.6 Å². The third-order valence-corrected chi connectivity index (χ3v) is 4.37. The fraction of sp³-hybridized carbons (Fsp3) is 0.133. The molecule has 1 amide bonds. The zero-order valence-electron chi connectivity index (χ0n) is 11.5. The molecule has 0 bridgehead atoms. The van der Waals surface area contributed by atoms with Crippen molar-refractivity contribution < 1.29 is 9.53 Å². The molecule has 0 radical (unpaired) electrons. The third-order valence-electron chi connectivity index (χ3n) is 3.42. The highest BCUT2D eigenvalue weighted by Crippen LogP contribution is 2.27. The summed E-state index contributed by atoms with van der Waals surface area (Å²) in [6.07, 6.45) is 2.00. The predicted octanol–water partition coefficient (Wildman–Crippen LogP) is 2.36. The first-order chi connectivity index (χ1) is 10.2. The number of hydrogen-bond donors (Lipinski definition) is 2. The molecule has 0 unspecified atom stereocenters. The van der Waals surface area contributed by atoms with Gasteiger partial charge in [0.2, 0.25) is 0 Å². The van der Waals surface area contributed by atoms with Crippen molar-refractivity contribution in [2.75, 3.05) is 7.11 Å². The molecule has 0 aliphatic carbocycles. The van der Waals surface area contributed by atoms with Gasteiger partial charge in [0.05, 0.1) is 17.5 Å². The molecular formula is C15H15N3O2S. The number of nitrogens with zero attached hydrogens (tertiary/aromatic N) is 1. The topological polar surface area (TPSA) is 69.3 Å². The maximum Gasteiger partial charge on any atom is 0.275 e. The highest BCUT2D eigenvalue weighted by molar-refractivity contribution is 7.12. The summed E-state index contributed by atoms with van der Waals surface area (Å²) in [6, 6.07) is 9.89. The number of carbonyl (C=O) groups excluding carboxylic acids is 1. The highest BCUT2D eigenvalue weighted by atomic mass is 32.1. The number of hydrogen-bond acceptors (Lipinski definition) is 4. The first-order valence-electron chi connectivity index (χ1n) is 6.43. The molecule has 3 rings (SSSR count). The summed E-state index contributed by atoms with van der Waals surface area (Å²) in [5, 5.41) is 2.95. The van der Waals surface area contributed by atoms with Crippen molar-refractivity contribution in [1.29, 1.82) is 0 Å². The first kappa shape index (κ1) is 13.7. The average Bonchev–Trinajstić information content (AvgIpc) is 3.14. The minimum atomic E-state index is -0.256. The number of aromatic nitrogens is 1. The van der Waals surface area contributed by atoms with Crippen LogP contribution < -0.4 is 16.0 Å². The summed E-state index contributed by atoms with van der Waals surface area (Å²) in [7, 11) is 1.66. The number of carbonyl (C=O) groups is 1. The lowest BCUT2D eigenvalue weighted by Crippen LogP contribution is -2.30. The lowest BCUT2D eigenvalue weighted by molar-refractivity contribution is 0.0957. The Kier molecular flexibility index (Phi) is 3.64. The SMILES string of the molecule is COc1cccc2c1ccn2Cc1ccsc1C(=O)NN. The summed E-state index contributed by atoms with van der Waals surface area (Å²) in [5.74, 6) is 5.81. The highest BCUT2D eigenvalue weighted by Gasteiger charge is 2.13. The number of rotatable bonds is 4. The minimum Gasteiger partial charge on any atom is -0.496 e. The van der Waals surface area contributed by atoms with Gasteiger partial charge >= 0.3 is 0 Å². The first-order valence-corrected chi connectivity index (χ1v) is 7.31. The van der Waals surface area contributed by atoms with E-state index >= 15 is 0 Å². The molecule has 5 nitrogen and oxygen atoms in total. The van der Waals surface area contributed by atoms with Crippen LogP contribution in [0.25, 0.3) is 10.9 Å². The Morgan fingerprint density at radius 3 is 3.00 bits per heavy atom. The molecule has 3 N–H and O–H groups in total. The molecule has 1 aromatic carbocycles. The number of nitrogen functional groups attached to an aromatic ring is 1. The van der Waals surface area contributed by atoms with Crippen molar-refractivity contribution in [3.05, 3.63) is 52.3 Å². The van der Waals surface area contributed by atoms with E-state index in [2.05, 4.69) is 9.99 Å². The molecule has 2 heterocycles. The van der Waals surface area contributed by atoms with Crippen LogP contribution in [0.4, 0.5) is 0 Å². The smallest absolute Gasteiger partial charge is 0.275 e. The monoisotopic (exact) mass is 301 g/mol. The van der Waals surface area contributed by atoms with Crippen molar-refractivity contribution in [2.24, 2.45) is 5.84 Å². The zero-order valence-corrected chi connectivity index (χ0v) is 12.3. The summed E-state index contributed by atoms with van der Waals surface area (Å²) in [4.78, 5) is 12.4. The van der Waals surface area contributed by atoms with Crippen molar-refractivity contribution in [3.63, 3.8) is 0 Å². The zero-order chi connectivity index (χ0) is 14.8. The molecular weight excluding hydrogens is 286 g/mol. The van der Waals surface area contributed by atoms with E-state index in [0.29, 0.717) is 11.4 Å². The molecule has 0 saturated heterocycles. The minimum absolute atomic E-state index is 0.256. The van der Waals surface area contributed by atoms with Gasteiger partial charge < -0.3 is 9.30 Å². The number of benzene rings is 1. The van der Waals surface area contributed by atoms with Crippen molar-refractivity contribution >= 4 is 28.1 Å². The standard InChI is InChI=1S/C15H15N3O2S/c1-20-13-4-2-3-12-11(13)5-7-18(12)9-10-6-8-21-14(10)15(19)17-16/h2-8H,9,16H2,1H3,(H,17,19). The van der Waals surface area contributed by atoms with Crippen LogP contribution in [0.15, 0.2) is 41.9 Å². The second kappa shape index (κ2) is 5.59. The van der Waals surface area contributed by atoms with E-state index in [0.717, 1.165) is 22.2 Å². The Morgan fingerprint density at radius 1 is 1.38 bits per heavy atom. The summed E-state index contributed by atoms with van der Waals surface area (Å²) in [5.41, 5.74) is 4.20. The third kappa shape index (κ3) is 2.39. The number of hydrazine groups is 1. The molecule has 2 aromatic heterocycles. The number of methoxy groups -OCH3 is 1. The van der Waals surface area contributed by atoms with E-state index in [1.807, 2.05) is 41.9 Å². The number of fused-ring (bicyclic) bond motifs is 1. The van der Waals surface area contributed by atoms with Crippen LogP contribution in [0.1, 0.15) is 15.2 Å². The van der Waals surface area contributed by atoms with E-state index in [1.165, 1.54) is 11.3 Å². The van der Waals surface area contributed by atoms with Gasteiger partial charge in [0, 0.05) is 18.1 Å². The average molecular weight is 301 g/mol. The van der Waals surface area contributed by atoms with E-state index in [-0.39, 0.29) is 5.91 Å². The van der Waals surface area contributed by atoms with Gasteiger partial charge in [-0.2, -0.15) is 0 Å². The number of thiophene rings is 1. The second-order valence-electron chi connectivity index (χ2n) is 4.59. The van der Waals surface area contributed by atoms with E-state index in [9.17, 15) is 4.79 Å². The summed E-state index contributed by atoms with van der Waals surface area (Å²) >= 11 is 1.39.